The minimum Gasteiger partial charge on any atom is -0.358 e. The third-order valence-corrected chi connectivity index (χ3v) is 7.16. The van der Waals surface area contributed by atoms with Crippen LogP contribution in [-0.2, 0) is 30.2 Å². The second-order valence-corrected chi connectivity index (χ2v) is 10.9. The minimum absolute atomic E-state index is 0. The number of nitrogens with zero attached hydrogens (tertiary/aromatic N) is 1. The first-order valence-electron chi connectivity index (χ1n) is 12.1. The zero-order valence-electron chi connectivity index (χ0n) is 22.9. The molecule has 1 radical (unpaired) electrons. The molecule has 6 heteroatoms. The topological polar surface area (TPSA) is 66.7 Å². The Labute approximate surface area is 238 Å². The summed E-state index contributed by atoms with van der Waals surface area (Å²) in [5.41, 5.74) is 3.99. The van der Waals surface area contributed by atoms with Crippen LogP contribution >= 0.6 is 0 Å². The first-order chi connectivity index (χ1) is 16.5. The molecule has 3 aromatic rings. The molecule has 0 spiro atoms. The van der Waals surface area contributed by atoms with E-state index in [1.807, 2.05) is 72.8 Å². The van der Waals surface area contributed by atoms with E-state index in [9.17, 15) is 8.42 Å². The Morgan fingerprint density at radius 3 is 1.49 bits per heavy atom. The Bertz CT molecular complexity index is 1060. The zero-order valence-corrected chi connectivity index (χ0v) is 26.1. The number of hydrogen-bond acceptors (Lipinski definition) is 3. The maximum Gasteiger partial charge on any atom is 0.261 e. The van der Waals surface area contributed by atoms with Gasteiger partial charge in [0.25, 0.3) is 10.1 Å². The first kappa shape index (κ1) is 34.9. The minimum atomic E-state index is -3.67. The summed E-state index contributed by atoms with van der Waals surface area (Å²) in [7, 11) is -3.67. The summed E-state index contributed by atoms with van der Waals surface area (Å²) < 4.78 is 25.9. The molecule has 3 aromatic carbocycles. The van der Waals surface area contributed by atoms with Crippen LogP contribution in [0.3, 0.4) is 0 Å². The third kappa shape index (κ3) is 11.9. The molecule has 0 aliphatic heterocycles. The van der Waals surface area contributed by atoms with Gasteiger partial charge in [-0.2, -0.15) is 8.42 Å². The summed E-state index contributed by atoms with van der Waals surface area (Å²) in [4.78, 5) is 4.78. The molecule has 1 aliphatic carbocycles. The van der Waals surface area contributed by atoms with E-state index in [2.05, 4.69) is 52.8 Å². The van der Waals surface area contributed by atoms with Gasteiger partial charge in [-0.25, -0.2) is 0 Å². The van der Waals surface area contributed by atoms with Gasteiger partial charge in [0.05, 0.1) is 11.9 Å². The van der Waals surface area contributed by atoms with Crippen LogP contribution in [0.1, 0.15) is 45.7 Å². The molecular formula is C31H41IrNO3S-2. The van der Waals surface area contributed by atoms with Crippen LogP contribution in [0.5, 0.6) is 0 Å². The molecule has 1 N–H and O–H groups in total. The average Bonchev–Trinajstić information content (AvgIpc) is 3.01. The quantitative estimate of drug-likeness (QED) is 0.173. The van der Waals surface area contributed by atoms with Crippen molar-refractivity contribution in [3.05, 3.63) is 110 Å². The van der Waals surface area contributed by atoms with Crippen molar-refractivity contribution in [2.75, 3.05) is 6.26 Å². The Morgan fingerprint density at radius 1 is 0.730 bits per heavy atom. The molecular weight excluding hydrogens is 659 g/mol. The van der Waals surface area contributed by atoms with Crippen molar-refractivity contribution in [3.63, 3.8) is 0 Å². The summed E-state index contributed by atoms with van der Waals surface area (Å²) in [5, 5.41) is 0. The molecule has 0 bridgehead atoms. The van der Waals surface area contributed by atoms with Crippen molar-refractivity contribution in [2.45, 2.75) is 34.6 Å². The monoisotopic (exact) mass is 700 g/mol. The molecule has 0 heterocycles. The maximum atomic E-state index is 9.19. The van der Waals surface area contributed by atoms with Crippen molar-refractivity contribution < 1.29 is 33.1 Å². The number of aliphatic imine (C=N–C) groups is 1. The molecule has 1 saturated carbocycles. The van der Waals surface area contributed by atoms with Crippen LogP contribution < -0.4 is 0 Å². The molecule has 205 valence electrons. The Morgan fingerprint density at radius 2 is 1.11 bits per heavy atom. The smallest absolute Gasteiger partial charge is 0.261 e. The van der Waals surface area contributed by atoms with E-state index in [-0.39, 0.29) is 27.5 Å². The summed E-state index contributed by atoms with van der Waals surface area (Å²) in [6, 6.07) is 31.4. The fraction of sp³-hybridized carbons (Fsp3) is 0.355. The standard InChI is InChI=1S/C19H14N.C10H20.CH4O3S.CH3.Ir/c1-4-10-16(11-5-1)19(17-12-6-2-7-13-17)20-18-14-8-3-9-15-18;1-6-7(2)9(4)10(5)8(6)3;1-5(2,3)4;;/h1-12,14-15H;6-10H,1-5H3;1H3,(H,2,3,4);1H3;/q-1;;;-1;. The van der Waals surface area contributed by atoms with Gasteiger partial charge in [-0.05, 0) is 53.0 Å². The molecule has 0 aromatic heterocycles. The summed E-state index contributed by atoms with van der Waals surface area (Å²) in [6.07, 6.45) is 0.715. The first-order valence-corrected chi connectivity index (χ1v) is 13.9. The predicted molar refractivity (Wildman–Crippen MR) is 153 cm³/mol. The molecule has 4 rings (SSSR count). The molecule has 0 amide bonds. The van der Waals surface area contributed by atoms with Crippen LogP contribution in [0.2, 0.25) is 0 Å². The SMILES string of the molecule is CC1C(C)C(C)C(C)C1C.CS(=O)(=O)O.[CH3-].[Ir].[c-]1ccccc1C(=Nc1ccccc1)c1ccccc1. The van der Waals surface area contributed by atoms with Crippen molar-refractivity contribution in [1.29, 1.82) is 0 Å². The Hall–Kier alpha value is -2.11. The fourth-order valence-corrected chi connectivity index (χ4v) is 4.44. The van der Waals surface area contributed by atoms with E-state index in [4.69, 9.17) is 9.55 Å². The Balaban J connectivity index is 0.000000644. The third-order valence-electron chi connectivity index (χ3n) is 7.16. The van der Waals surface area contributed by atoms with Gasteiger partial charge in [-0.3, -0.25) is 9.55 Å². The molecule has 1 fully saturated rings. The van der Waals surface area contributed by atoms with Gasteiger partial charge in [0.1, 0.15) is 0 Å². The molecule has 37 heavy (non-hydrogen) atoms. The zero-order chi connectivity index (χ0) is 26.0. The summed E-state index contributed by atoms with van der Waals surface area (Å²) >= 11 is 0. The second kappa shape index (κ2) is 16.7. The van der Waals surface area contributed by atoms with Crippen LogP contribution in [0.4, 0.5) is 5.69 Å². The Kier molecular flexibility index (Phi) is 15.7. The largest absolute Gasteiger partial charge is 0.358 e. The number of benzene rings is 3. The molecule has 0 unspecified atom stereocenters. The molecule has 0 saturated heterocycles. The molecule has 4 nitrogen and oxygen atoms in total. The molecule has 0 atom stereocenters. The van der Waals surface area contributed by atoms with E-state index in [1.54, 1.807) is 0 Å². The summed E-state index contributed by atoms with van der Waals surface area (Å²) in [6.45, 7) is 12.0. The summed E-state index contributed by atoms with van der Waals surface area (Å²) in [5.74, 6) is 4.68. The average molecular weight is 700 g/mol. The predicted octanol–water partition coefficient (Wildman–Crippen LogP) is 7.79. The number of para-hydroxylation sites is 1. The van der Waals surface area contributed by atoms with Gasteiger partial charge in [0.15, 0.2) is 0 Å². The van der Waals surface area contributed by atoms with Crippen molar-refractivity contribution >= 4 is 21.5 Å². The maximum absolute atomic E-state index is 9.19. The van der Waals surface area contributed by atoms with Gasteiger partial charge in [0.2, 0.25) is 0 Å². The van der Waals surface area contributed by atoms with Crippen molar-refractivity contribution in [1.82, 2.24) is 0 Å². The number of hydrogen-bond donors (Lipinski definition) is 1. The van der Waals surface area contributed by atoms with Gasteiger partial charge >= 0.3 is 0 Å². The van der Waals surface area contributed by atoms with E-state index >= 15 is 0 Å². The van der Waals surface area contributed by atoms with E-state index < -0.39 is 10.1 Å². The van der Waals surface area contributed by atoms with Crippen LogP contribution in [0.25, 0.3) is 0 Å². The van der Waals surface area contributed by atoms with Crippen LogP contribution in [-0.4, -0.2) is 24.9 Å². The van der Waals surface area contributed by atoms with Gasteiger partial charge in [-0.15, -0.1) is 35.9 Å². The number of rotatable bonds is 3. The van der Waals surface area contributed by atoms with Crippen molar-refractivity contribution in [2.24, 2.45) is 34.6 Å². The normalized spacial score (nSPS) is 22.7. The van der Waals surface area contributed by atoms with E-state index in [0.29, 0.717) is 6.26 Å². The van der Waals surface area contributed by atoms with Gasteiger partial charge in [0, 0.05) is 20.1 Å². The fourth-order valence-electron chi connectivity index (χ4n) is 4.44. The van der Waals surface area contributed by atoms with E-state index in [1.165, 1.54) is 0 Å². The van der Waals surface area contributed by atoms with Crippen LogP contribution in [0.15, 0.2) is 89.9 Å². The second-order valence-electron chi connectivity index (χ2n) is 9.47. The van der Waals surface area contributed by atoms with E-state index in [0.717, 1.165) is 52.1 Å². The van der Waals surface area contributed by atoms with Crippen molar-refractivity contribution in [3.8, 4) is 0 Å². The molecule has 1 aliphatic rings. The van der Waals surface area contributed by atoms with Crippen LogP contribution in [0, 0.1) is 43.1 Å². The van der Waals surface area contributed by atoms with Gasteiger partial charge in [-0.1, -0.05) is 83.1 Å². The van der Waals surface area contributed by atoms with Gasteiger partial charge < -0.3 is 7.43 Å².